The molecule has 32 heavy (non-hydrogen) atoms. The maximum absolute atomic E-state index is 13.8. The smallest absolute Gasteiger partial charge is 0.471 e. The van der Waals surface area contributed by atoms with Crippen LogP contribution in [0.25, 0.3) is 0 Å². The van der Waals surface area contributed by atoms with E-state index in [1.807, 2.05) is 13.8 Å². The number of Topliss-reactive ketones (excluding diaryl/α,β-unsaturated/α-hetero) is 1. The molecular formula is C24H23F3N2O3. The number of halogens is 3. The molecule has 0 radical (unpaired) electrons. The largest absolute Gasteiger partial charge is 0.497 e. The van der Waals surface area contributed by atoms with Crippen molar-refractivity contribution in [3.05, 3.63) is 65.4 Å². The molecule has 2 aliphatic rings. The van der Waals surface area contributed by atoms with E-state index in [0.29, 0.717) is 34.0 Å². The highest BCUT2D eigenvalue weighted by atomic mass is 19.4. The minimum Gasteiger partial charge on any atom is -0.497 e. The molecule has 4 rings (SSSR count). The second-order valence-corrected chi connectivity index (χ2v) is 8.82. The van der Waals surface area contributed by atoms with Crippen molar-refractivity contribution in [1.82, 2.24) is 0 Å². The van der Waals surface area contributed by atoms with Gasteiger partial charge in [-0.1, -0.05) is 38.1 Å². The summed E-state index contributed by atoms with van der Waals surface area (Å²) in [5.74, 6) is -1.80. The summed E-state index contributed by atoms with van der Waals surface area (Å²) < 4.78 is 46.5. The second-order valence-electron chi connectivity index (χ2n) is 8.82. The van der Waals surface area contributed by atoms with E-state index in [0.717, 1.165) is 0 Å². The molecule has 0 unspecified atom stereocenters. The molecule has 0 bridgehead atoms. The van der Waals surface area contributed by atoms with Gasteiger partial charge in [0.2, 0.25) is 0 Å². The van der Waals surface area contributed by atoms with Crippen molar-refractivity contribution < 1.29 is 27.5 Å². The number of hydrogen-bond donors (Lipinski definition) is 1. The number of para-hydroxylation sites is 2. The number of nitrogens with zero attached hydrogens (tertiary/aromatic N) is 1. The number of allylic oxidation sites excluding steroid dienone is 1. The molecule has 2 aromatic carbocycles. The number of hydrogen-bond acceptors (Lipinski definition) is 4. The number of carbonyl (C=O) groups is 2. The Labute approximate surface area is 183 Å². The first kappa shape index (κ1) is 21.9. The fraction of sp³-hybridized carbons (Fsp3) is 0.333. The molecule has 1 heterocycles. The van der Waals surface area contributed by atoms with E-state index in [9.17, 15) is 22.8 Å². The van der Waals surface area contributed by atoms with Crippen molar-refractivity contribution in [2.24, 2.45) is 5.41 Å². The van der Waals surface area contributed by atoms with E-state index in [-0.39, 0.29) is 28.9 Å². The summed E-state index contributed by atoms with van der Waals surface area (Å²) in [5.41, 5.74) is 1.16. The number of carbonyl (C=O) groups excluding carboxylic acids is 2. The number of ketones is 1. The van der Waals surface area contributed by atoms with E-state index >= 15 is 0 Å². The first-order valence-electron chi connectivity index (χ1n) is 10.2. The lowest BCUT2D eigenvalue weighted by atomic mass is 9.73. The summed E-state index contributed by atoms with van der Waals surface area (Å²) in [5, 5.41) is 3.18. The van der Waals surface area contributed by atoms with Crippen molar-refractivity contribution in [2.75, 3.05) is 17.3 Å². The van der Waals surface area contributed by atoms with Crippen LogP contribution in [0.2, 0.25) is 0 Å². The molecule has 1 amide bonds. The van der Waals surface area contributed by atoms with Crippen molar-refractivity contribution >= 4 is 23.1 Å². The first-order chi connectivity index (χ1) is 15.0. The lowest BCUT2D eigenvalue weighted by Gasteiger charge is -2.37. The Balaban J connectivity index is 2.01. The summed E-state index contributed by atoms with van der Waals surface area (Å²) in [6, 6.07) is 11.5. The third-order valence-electron chi connectivity index (χ3n) is 5.79. The molecule has 5 nitrogen and oxygen atoms in total. The van der Waals surface area contributed by atoms with Gasteiger partial charge in [0, 0.05) is 17.7 Å². The standard InChI is InChI=1S/C24H23F3N2O3/c1-23(2)12-17-20(19(30)13-23)21(14-8-10-15(32-3)11-9-14)29(22(31)24(25,26)27)18-7-5-4-6-16(18)28-17/h4-11,21,28H,12-13H2,1-3H3/t21-/m1/s1. The predicted molar refractivity (Wildman–Crippen MR) is 114 cm³/mol. The summed E-state index contributed by atoms with van der Waals surface area (Å²) in [7, 11) is 1.48. The number of ether oxygens (including phenoxy) is 1. The number of alkyl halides is 3. The van der Waals surface area contributed by atoms with E-state index in [1.54, 1.807) is 42.5 Å². The lowest BCUT2D eigenvalue weighted by Crippen LogP contribution is -2.45. The molecule has 0 aromatic heterocycles. The topological polar surface area (TPSA) is 58.6 Å². The second kappa shape index (κ2) is 7.69. The van der Waals surface area contributed by atoms with Crippen LogP contribution in [0.5, 0.6) is 5.75 Å². The number of amides is 1. The molecule has 0 fully saturated rings. The van der Waals surface area contributed by atoms with Crippen LogP contribution in [0.1, 0.15) is 38.3 Å². The Bertz CT molecular complexity index is 1100. The van der Waals surface area contributed by atoms with Crippen LogP contribution in [0.15, 0.2) is 59.8 Å². The van der Waals surface area contributed by atoms with Gasteiger partial charge in [0.1, 0.15) is 5.75 Å². The van der Waals surface area contributed by atoms with Gasteiger partial charge in [0.05, 0.1) is 24.5 Å². The average Bonchev–Trinajstić information content (AvgIpc) is 2.86. The van der Waals surface area contributed by atoms with E-state index < -0.39 is 18.1 Å². The number of benzene rings is 2. The first-order valence-corrected chi connectivity index (χ1v) is 10.2. The maximum atomic E-state index is 13.8. The Hall–Kier alpha value is -3.29. The third-order valence-corrected chi connectivity index (χ3v) is 5.79. The average molecular weight is 444 g/mol. The van der Waals surface area contributed by atoms with Gasteiger partial charge in [0.25, 0.3) is 0 Å². The Kier molecular flexibility index (Phi) is 5.27. The van der Waals surface area contributed by atoms with Gasteiger partial charge in [-0.3, -0.25) is 14.5 Å². The number of nitrogens with one attached hydrogen (secondary N) is 1. The number of anilines is 2. The SMILES string of the molecule is COc1ccc([C@@H]2C3=C(CC(C)(C)CC3=O)Nc3ccccc3N2C(=O)C(F)(F)F)cc1. The molecule has 0 spiro atoms. The van der Waals surface area contributed by atoms with Crippen molar-refractivity contribution in [2.45, 2.75) is 38.9 Å². The third kappa shape index (κ3) is 3.85. The Morgan fingerprint density at radius 1 is 1.09 bits per heavy atom. The molecule has 1 aliphatic heterocycles. The fourth-order valence-corrected chi connectivity index (χ4v) is 4.45. The Morgan fingerprint density at radius 2 is 1.75 bits per heavy atom. The fourth-order valence-electron chi connectivity index (χ4n) is 4.45. The molecule has 0 saturated carbocycles. The molecule has 1 aliphatic carbocycles. The van der Waals surface area contributed by atoms with Crippen molar-refractivity contribution in [1.29, 1.82) is 0 Å². The normalized spacial score (nSPS) is 20.1. The highest BCUT2D eigenvalue weighted by Gasteiger charge is 2.50. The van der Waals surface area contributed by atoms with Crippen LogP contribution in [0, 0.1) is 5.41 Å². The number of rotatable bonds is 2. The molecule has 8 heteroatoms. The minimum atomic E-state index is -5.13. The van der Waals surface area contributed by atoms with Crippen LogP contribution in [0.3, 0.4) is 0 Å². The quantitative estimate of drug-likeness (QED) is 0.674. The van der Waals surface area contributed by atoms with Crippen molar-refractivity contribution in [3.63, 3.8) is 0 Å². The summed E-state index contributed by atoms with van der Waals surface area (Å²) in [6.07, 6.45) is -4.49. The molecule has 168 valence electrons. The summed E-state index contributed by atoms with van der Waals surface area (Å²) >= 11 is 0. The molecule has 1 atom stereocenters. The number of methoxy groups -OCH3 is 1. The van der Waals surface area contributed by atoms with E-state index in [1.165, 1.54) is 13.2 Å². The highest BCUT2D eigenvalue weighted by Crippen LogP contribution is 2.49. The lowest BCUT2D eigenvalue weighted by molar-refractivity contribution is -0.170. The Morgan fingerprint density at radius 3 is 2.38 bits per heavy atom. The number of fused-ring (bicyclic) bond motifs is 1. The van der Waals surface area contributed by atoms with E-state index in [4.69, 9.17) is 4.74 Å². The van der Waals surface area contributed by atoms with Crippen molar-refractivity contribution in [3.8, 4) is 5.75 Å². The van der Waals surface area contributed by atoms with Crippen LogP contribution >= 0.6 is 0 Å². The van der Waals surface area contributed by atoms with Gasteiger partial charge in [-0.05, 0) is 41.7 Å². The molecule has 1 N–H and O–H groups in total. The maximum Gasteiger partial charge on any atom is 0.471 e. The van der Waals surface area contributed by atoms with Gasteiger partial charge in [0.15, 0.2) is 5.78 Å². The van der Waals surface area contributed by atoms with Crippen LogP contribution < -0.4 is 15.0 Å². The molecule has 2 aromatic rings. The minimum absolute atomic E-state index is 0.0654. The van der Waals surface area contributed by atoms with Gasteiger partial charge in [-0.2, -0.15) is 13.2 Å². The summed E-state index contributed by atoms with van der Waals surface area (Å²) in [6.45, 7) is 3.88. The highest BCUT2D eigenvalue weighted by molar-refractivity contribution is 6.07. The van der Waals surface area contributed by atoms with Gasteiger partial charge in [-0.25, -0.2) is 0 Å². The van der Waals surface area contributed by atoms with E-state index in [2.05, 4.69) is 5.32 Å². The zero-order chi connectivity index (χ0) is 23.3. The van der Waals surface area contributed by atoms with Gasteiger partial charge >= 0.3 is 12.1 Å². The van der Waals surface area contributed by atoms with Crippen LogP contribution in [-0.4, -0.2) is 25.0 Å². The zero-order valence-corrected chi connectivity index (χ0v) is 17.9. The van der Waals surface area contributed by atoms with Crippen LogP contribution in [0.4, 0.5) is 24.5 Å². The van der Waals surface area contributed by atoms with Gasteiger partial charge in [-0.15, -0.1) is 0 Å². The zero-order valence-electron chi connectivity index (χ0n) is 17.9. The predicted octanol–water partition coefficient (Wildman–Crippen LogP) is 5.40. The monoisotopic (exact) mass is 444 g/mol. The van der Waals surface area contributed by atoms with Crippen LogP contribution in [-0.2, 0) is 9.59 Å². The molecular weight excluding hydrogens is 421 g/mol. The molecule has 0 saturated heterocycles. The summed E-state index contributed by atoms with van der Waals surface area (Å²) in [4.78, 5) is 26.8. The van der Waals surface area contributed by atoms with Gasteiger partial charge < -0.3 is 10.1 Å².